The predicted octanol–water partition coefficient (Wildman–Crippen LogP) is 2.21. The number of likely N-dealkylation sites (N-methyl/N-ethyl adjacent to an activating group) is 1. The van der Waals surface area contributed by atoms with Gasteiger partial charge in [-0.25, -0.2) is 0 Å². The molecule has 0 fully saturated rings. The molecule has 1 aromatic heterocycles. The van der Waals surface area contributed by atoms with E-state index >= 15 is 0 Å². The first kappa shape index (κ1) is 15.6. The molecular formula is C18H23N3O2. The van der Waals surface area contributed by atoms with Gasteiger partial charge >= 0.3 is 0 Å². The SMILES string of the molecule is Cc1cc(C)n(CCN(C)C(=O)C2COc3ccccc3C2)n1. The Bertz CT molecular complexity index is 708. The number of carbonyl (C=O) groups is 1. The van der Waals surface area contributed by atoms with Gasteiger partial charge in [0.1, 0.15) is 12.4 Å². The van der Waals surface area contributed by atoms with E-state index in [1.807, 2.05) is 55.9 Å². The second-order valence-corrected chi connectivity index (χ2v) is 6.23. The number of hydrogen-bond donors (Lipinski definition) is 0. The molecule has 23 heavy (non-hydrogen) atoms. The van der Waals surface area contributed by atoms with Crippen molar-refractivity contribution in [2.45, 2.75) is 26.8 Å². The summed E-state index contributed by atoms with van der Waals surface area (Å²) in [5.74, 6) is 0.943. The highest BCUT2D eigenvalue weighted by molar-refractivity contribution is 5.79. The van der Waals surface area contributed by atoms with Gasteiger partial charge in [-0.1, -0.05) is 18.2 Å². The summed E-state index contributed by atoms with van der Waals surface area (Å²) < 4.78 is 7.68. The van der Waals surface area contributed by atoms with E-state index in [9.17, 15) is 4.79 Å². The third-order valence-corrected chi connectivity index (χ3v) is 4.35. The molecule has 0 aliphatic carbocycles. The van der Waals surface area contributed by atoms with E-state index < -0.39 is 0 Å². The van der Waals surface area contributed by atoms with Gasteiger partial charge in [-0.2, -0.15) is 5.10 Å². The number of amides is 1. The highest BCUT2D eigenvalue weighted by Crippen LogP contribution is 2.27. The molecule has 5 nitrogen and oxygen atoms in total. The molecule has 122 valence electrons. The summed E-state index contributed by atoms with van der Waals surface area (Å²) in [6.45, 7) is 5.84. The number of carbonyl (C=O) groups excluding carboxylic acids is 1. The van der Waals surface area contributed by atoms with E-state index in [1.165, 1.54) is 0 Å². The van der Waals surface area contributed by atoms with E-state index in [2.05, 4.69) is 5.10 Å². The summed E-state index contributed by atoms with van der Waals surface area (Å²) in [6, 6.07) is 9.99. The van der Waals surface area contributed by atoms with E-state index in [0.717, 1.165) is 29.1 Å². The molecule has 0 N–H and O–H groups in total. The van der Waals surface area contributed by atoms with Gasteiger partial charge in [0.25, 0.3) is 0 Å². The van der Waals surface area contributed by atoms with Gasteiger partial charge in [-0.15, -0.1) is 0 Å². The Labute approximate surface area is 136 Å². The van der Waals surface area contributed by atoms with Gasteiger partial charge < -0.3 is 9.64 Å². The smallest absolute Gasteiger partial charge is 0.229 e. The average Bonchev–Trinajstić information content (AvgIpc) is 2.89. The van der Waals surface area contributed by atoms with Crippen LogP contribution < -0.4 is 4.74 Å². The fourth-order valence-electron chi connectivity index (χ4n) is 3.05. The summed E-state index contributed by atoms with van der Waals surface area (Å²) in [4.78, 5) is 14.4. The van der Waals surface area contributed by atoms with Crippen molar-refractivity contribution >= 4 is 5.91 Å². The van der Waals surface area contributed by atoms with Crippen LogP contribution in [0, 0.1) is 19.8 Å². The van der Waals surface area contributed by atoms with Crippen LogP contribution in [-0.4, -0.2) is 40.8 Å². The molecule has 0 bridgehead atoms. The molecule has 0 saturated carbocycles. The monoisotopic (exact) mass is 313 g/mol. The van der Waals surface area contributed by atoms with Crippen LogP contribution in [0.25, 0.3) is 0 Å². The van der Waals surface area contributed by atoms with Crippen LogP contribution in [0.1, 0.15) is 17.0 Å². The van der Waals surface area contributed by atoms with Crippen molar-refractivity contribution in [2.24, 2.45) is 5.92 Å². The van der Waals surface area contributed by atoms with E-state index in [-0.39, 0.29) is 11.8 Å². The number of ether oxygens (including phenoxy) is 1. The number of benzene rings is 1. The zero-order chi connectivity index (χ0) is 16.4. The molecular weight excluding hydrogens is 290 g/mol. The van der Waals surface area contributed by atoms with Crippen LogP contribution in [0.5, 0.6) is 5.75 Å². The molecule has 1 aromatic carbocycles. The highest BCUT2D eigenvalue weighted by atomic mass is 16.5. The Morgan fingerprint density at radius 1 is 1.39 bits per heavy atom. The number of aromatic nitrogens is 2. The Hall–Kier alpha value is -2.30. The zero-order valence-electron chi connectivity index (χ0n) is 14.0. The number of fused-ring (bicyclic) bond motifs is 1. The van der Waals surface area contributed by atoms with Gasteiger partial charge in [-0.05, 0) is 38.0 Å². The molecule has 1 unspecified atom stereocenters. The van der Waals surface area contributed by atoms with Gasteiger partial charge in [0, 0.05) is 19.3 Å². The molecule has 0 radical (unpaired) electrons. The first-order valence-electron chi connectivity index (χ1n) is 8.01. The lowest BCUT2D eigenvalue weighted by Crippen LogP contribution is -2.40. The third kappa shape index (κ3) is 3.38. The number of hydrogen-bond acceptors (Lipinski definition) is 3. The summed E-state index contributed by atoms with van der Waals surface area (Å²) in [7, 11) is 1.86. The zero-order valence-corrected chi connectivity index (χ0v) is 14.0. The van der Waals surface area contributed by atoms with Crippen molar-refractivity contribution in [1.29, 1.82) is 0 Å². The molecule has 5 heteroatoms. The summed E-state index contributed by atoms with van der Waals surface area (Å²) in [6.07, 6.45) is 0.749. The maximum atomic E-state index is 12.6. The molecule has 1 aliphatic rings. The first-order chi connectivity index (χ1) is 11.0. The normalized spacial score (nSPS) is 16.6. The Balaban J connectivity index is 1.59. The van der Waals surface area contributed by atoms with Gasteiger partial charge in [0.2, 0.25) is 5.91 Å². The van der Waals surface area contributed by atoms with Gasteiger partial charge in [0.15, 0.2) is 0 Å². The van der Waals surface area contributed by atoms with Crippen LogP contribution in [-0.2, 0) is 17.8 Å². The van der Waals surface area contributed by atoms with E-state index in [1.54, 1.807) is 4.90 Å². The fourth-order valence-corrected chi connectivity index (χ4v) is 3.05. The Morgan fingerprint density at radius 2 is 2.17 bits per heavy atom. The quantitative estimate of drug-likeness (QED) is 0.869. The van der Waals surface area contributed by atoms with Crippen molar-refractivity contribution < 1.29 is 9.53 Å². The van der Waals surface area contributed by atoms with Crippen LogP contribution in [0.2, 0.25) is 0 Å². The summed E-state index contributed by atoms with van der Waals surface area (Å²) in [5.41, 5.74) is 3.25. The molecule has 2 aromatic rings. The Morgan fingerprint density at radius 3 is 2.91 bits per heavy atom. The van der Waals surface area contributed by atoms with Crippen LogP contribution in [0.4, 0.5) is 0 Å². The Kier molecular flexibility index (Phi) is 4.37. The second-order valence-electron chi connectivity index (χ2n) is 6.23. The van der Waals surface area contributed by atoms with E-state index in [4.69, 9.17) is 4.74 Å². The minimum Gasteiger partial charge on any atom is -0.492 e. The van der Waals surface area contributed by atoms with E-state index in [0.29, 0.717) is 19.7 Å². The van der Waals surface area contributed by atoms with Crippen molar-refractivity contribution in [3.8, 4) is 5.75 Å². The largest absolute Gasteiger partial charge is 0.492 e. The molecule has 2 heterocycles. The number of para-hydroxylation sites is 1. The van der Waals surface area contributed by atoms with Crippen LogP contribution >= 0.6 is 0 Å². The minimum absolute atomic E-state index is 0.102. The fraction of sp³-hybridized carbons (Fsp3) is 0.444. The van der Waals surface area contributed by atoms with Crippen molar-refractivity contribution in [1.82, 2.24) is 14.7 Å². The molecule has 1 aliphatic heterocycles. The minimum atomic E-state index is -0.102. The molecule has 1 atom stereocenters. The lowest BCUT2D eigenvalue weighted by atomic mass is 9.95. The number of aryl methyl sites for hydroxylation is 2. The van der Waals surface area contributed by atoms with Crippen molar-refractivity contribution in [2.75, 3.05) is 20.2 Å². The summed E-state index contributed by atoms with van der Waals surface area (Å²) in [5, 5.41) is 4.44. The lowest BCUT2D eigenvalue weighted by molar-refractivity contribution is -0.135. The predicted molar refractivity (Wildman–Crippen MR) is 88.5 cm³/mol. The molecule has 0 spiro atoms. The topological polar surface area (TPSA) is 47.4 Å². The molecule has 0 saturated heterocycles. The number of nitrogens with zero attached hydrogens (tertiary/aromatic N) is 3. The van der Waals surface area contributed by atoms with Gasteiger partial charge in [-0.3, -0.25) is 9.48 Å². The standard InChI is InChI=1S/C18H23N3O2/c1-13-10-14(2)21(19-13)9-8-20(3)18(22)16-11-15-6-4-5-7-17(15)23-12-16/h4-7,10,16H,8-9,11-12H2,1-3H3. The maximum absolute atomic E-state index is 12.6. The lowest BCUT2D eigenvalue weighted by Gasteiger charge is -2.28. The summed E-state index contributed by atoms with van der Waals surface area (Å²) >= 11 is 0. The van der Waals surface area contributed by atoms with Crippen LogP contribution in [0.15, 0.2) is 30.3 Å². The average molecular weight is 313 g/mol. The highest BCUT2D eigenvalue weighted by Gasteiger charge is 2.27. The molecule has 3 rings (SSSR count). The first-order valence-corrected chi connectivity index (χ1v) is 8.01. The van der Waals surface area contributed by atoms with Crippen LogP contribution in [0.3, 0.4) is 0 Å². The maximum Gasteiger partial charge on any atom is 0.229 e. The molecule has 1 amide bonds. The van der Waals surface area contributed by atoms with Crippen molar-refractivity contribution in [3.05, 3.63) is 47.3 Å². The second kappa shape index (κ2) is 6.44. The third-order valence-electron chi connectivity index (χ3n) is 4.35. The number of rotatable bonds is 4. The van der Waals surface area contributed by atoms with Gasteiger partial charge in [0.05, 0.1) is 18.2 Å². The van der Waals surface area contributed by atoms with Crippen molar-refractivity contribution in [3.63, 3.8) is 0 Å².